The number of nitrogen functional groups attached to an aromatic ring is 1. The van der Waals surface area contributed by atoms with Gasteiger partial charge >= 0.3 is 0 Å². The Morgan fingerprint density at radius 1 is 1.14 bits per heavy atom. The Hall–Kier alpha value is -1.99. The number of anilines is 1. The van der Waals surface area contributed by atoms with E-state index in [2.05, 4.69) is 4.72 Å². The van der Waals surface area contributed by atoms with Crippen LogP contribution in [0.4, 0.5) is 14.5 Å². The Kier molecular flexibility index (Phi) is 4.24. The third-order valence-electron chi connectivity index (χ3n) is 3.02. The Morgan fingerprint density at radius 2 is 1.81 bits per heavy atom. The molecule has 0 aliphatic carbocycles. The van der Waals surface area contributed by atoms with E-state index in [1.54, 1.807) is 6.07 Å². The topological polar surface area (TPSA) is 72.2 Å². The summed E-state index contributed by atoms with van der Waals surface area (Å²) in [4.78, 5) is -0.253. The molecule has 0 saturated carbocycles. The molecule has 0 fully saturated rings. The van der Waals surface area contributed by atoms with Gasteiger partial charge in [0.05, 0.1) is 4.90 Å². The van der Waals surface area contributed by atoms with Gasteiger partial charge in [-0.15, -0.1) is 0 Å². The second kappa shape index (κ2) is 5.79. The predicted molar refractivity (Wildman–Crippen MR) is 76.0 cm³/mol. The molecule has 0 aliphatic rings. The third-order valence-corrected chi connectivity index (χ3v) is 4.55. The molecule has 2 aromatic rings. The van der Waals surface area contributed by atoms with E-state index in [9.17, 15) is 17.2 Å². The van der Waals surface area contributed by atoms with Gasteiger partial charge < -0.3 is 5.73 Å². The second-order valence-electron chi connectivity index (χ2n) is 4.54. The minimum Gasteiger partial charge on any atom is -0.399 e. The first-order valence-corrected chi connectivity index (χ1v) is 7.58. The van der Waals surface area contributed by atoms with Crippen LogP contribution >= 0.6 is 0 Å². The quantitative estimate of drug-likeness (QED) is 0.851. The number of rotatable bonds is 4. The van der Waals surface area contributed by atoms with Crippen molar-refractivity contribution in [1.29, 1.82) is 0 Å². The van der Waals surface area contributed by atoms with Crippen molar-refractivity contribution in [3.8, 4) is 0 Å². The van der Waals surface area contributed by atoms with Crippen LogP contribution in [0.25, 0.3) is 0 Å². The number of nitrogens with two attached hydrogens (primary N) is 1. The predicted octanol–water partition coefficient (Wildman–Crippen LogP) is 2.33. The van der Waals surface area contributed by atoms with Crippen LogP contribution in [0, 0.1) is 18.6 Å². The lowest BCUT2D eigenvalue weighted by molar-refractivity contribution is 0.569. The SMILES string of the molecule is Cc1c(F)cc(N)cc1S(=O)(=O)NCc1ccccc1F. The van der Waals surface area contributed by atoms with Crippen LogP contribution in [0.2, 0.25) is 0 Å². The maximum Gasteiger partial charge on any atom is 0.241 e. The van der Waals surface area contributed by atoms with Crippen molar-refractivity contribution in [2.24, 2.45) is 0 Å². The number of hydrogen-bond acceptors (Lipinski definition) is 3. The standard InChI is InChI=1S/C14H14F2N2O2S/c1-9-13(16)6-11(17)7-14(9)21(19,20)18-8-10-4-2-3-5-12(10)15/h2-7,18H,8,17H2,1H3. The lowest BCUT2D eigenvalue weighted by Crippen LogP contribution is -2.25. The highest BCUT2D eigenvalue weighted by molar-refractivity contribution is 7.89. The summed E-state index contributed by atoms with van der Waals surface area (Å²) in [5, 5.41) is 0. The molecule has 0 bridgehead atoms. The van der Waals surface area contributed by atoms with E-state index in [4.69, 9.17) is 5.73 Å². The van der Waals surface area contributed by atoms with Crippen LogP contribution in [-0.2, 0) is 16.6 Å². The van der Waals surface area contributed by atoms with Gasteiger partial charge in [-0.25, -0.2) is 21.9 Å². The Labute approximate surface area is 121 Å². The third kappa shape index (κ3) is 3.37. The van der Waals surface area contributed by atoms with E-state index in [1.807, 2.05) is 0 Å². The van der Waals surface area contributed by atoms with Crippen LogP contribution < -0.4 is 10.5 Å². The van der Waals surface area contributed by atoms with Gasteiger partial charge in [0.2, 0.25) is 10.0 Å². The summed E-state index contributed by atoms with van der Waals surface area (Å²) in [5.74, 6) is -1.23. The maximum atomic E-state index is 13.6. The Morgan fingerprint density at radius 3 is 2.48 bits per heavy atom. The molecule has 2 aromatic carbocycles. The summed E-state index contributed by atoms with van der Waals surface area (Å²) in [6.45, 7) is 1.11. The average molecular weight is 312 g/mol. The molecular weight excluding hydrogens is 298 g/mol. The summed E-state index contributed by atoms with van der Waals surface area (Å²) in [5.41, 5.74) is 5.63. The first-order valence-electron chi connectivity index (χ1n) is 6.10. The number of sulfonamides is 1. The molecule has 0 amide bonds. The number of halogens is 2. The normalized spacial score (nSPS) is 11.6. The van der Waals surface area contributed by atoms with Crippen molar-refractivity contribution < 1.29 is 17.2 Å². The Bertz CT molecular complexity index is 777. The highest BCUT2D eigenvalue weighted by Crippen LogP contribution is 2.22. The molecule has 0 heterocycles. The summed E-state index contributed by atoms with van der Waals surface area (Å²) >= 11 is 0. The molecule has 0 radical (unpaired) electrons. The zero-order chi connectivity index (χ0) is 15.6. The van der Waals surface area contributed by atoms with E-state index in [0.717, 1.165) is 6.07 Å². The van der Waals surface area contributed by atoms with Gasteiger partial charge in [0.25, 0.3) is 0 Å². The summed E-state index contributed by atoms with van der Waals surface area (Å²) in [7, 11) is -3.99. The molecule has 21 heavy (non-hydrogen) atoms. The van der Waals surface area contributed by atoms with E-state index < -0.39 is 21.7 Å². The largest absolute Gasteiger partial charge is 0.399 e. The number of hydrogen-bond donors (Lipinski definition) is 2. The van der Waals surface area contributed by atoms with Crippen molar-refractivity contribution >= 4 is 15.7 Å². The maximum absolute atomic E-state index is 13.6. The molecule has 0 saturated heterocycles. The van der Waals surface area contributed by atoms with Crippen LogP contribution in [-0.4, -0.2) is 8.42 Å². The molecular formula is C14H14F2N2O2S. The monoisotopic (exact) mass is 312 g/mol. The minimum absolute atomic E-state index is 0.00404. The molecule has 0 spiro atoms. The molecule has 0 atom stereocenters. The lowest BCUT2D eigenvalue weighted by Gasteiger charge is -2.11. The van der Waals surface area contributed by atoms with E-state index >= 15 is 0 Å². The number of nitrogens with one attached hydrogen (secondary N) is 1. The van der Waals surface area contributed by atoms with Crippen molar-refractivity contribution in [2.45, 2.75) is 18.4 Å². The first kappa shape index (κ1) is 15.4. The highest BCUT2D eigenvalue weighted by atomic mass is 32.2. The van der Waals surface area contributed by atoms with Crippen LogP contribution in [0.15, 0.2) is 41.3 Å². The fourth-order valence-electron chi connectivity index (χ4n) is 1.84. The zero-order valence-corrected chi connectivity index (χ0v) is 12.0. The van der Waals surface area contributed by atoms with Gasteiger partial charge in [-0.3, -0.25) is 0 Å². The molecule has 0 aromatic heterocycles. The van der Waals surface area contributed by atoms with Gasteiger partial charge in [0.1, 0.15) is 11.6 Å². The molecule has 2 rings (SSSR count). The van der Waals surface area contributed by atoms with Crippen molar-refractivity contribution in [3.63, 3.8) is 0 Å². The second-order valence-corrected chi connectivity index (χ2v) is 6.28. The number of benzene rings is 2. The summed E-state index contributed by atoms with van der Waals surface area (Å²) < 4.78 is 53.6. The molecule has 3 N–H and O–H groups in total. The van der Waals surface area contributed by atoms with Crippen molar-refractivity contribution in [1.82, 2.24) is 4.72 Å². The van der Waals surface area contributed by atoms with Crippen LogP contribution in [0.1, 0.15) is 11.1 Å². The highest BCUT2D eigenvalue weighted by Gasteiger charge is 2.20. The van der Waals surface area contributed by atoms with E-state index in [0.29, 0.717) is 0 Å². The Balaban J connectivity index is 2.30. The fourth-order valence-corrected chi connectivity index (χ4v) is 3.14. The van der Waals surface area contributed by atoms with Gasteiger partial charge in [0.15, 0.2) is 0 Å². The molecule has 4 nitrogen and oxygen atoms in total. The van der Waals surface area contributed by atoms with Gasteiger partial charge in [-0.05, 0) is 25.1 Å². The first-order chi connectivity index (χ1) is 9.81. The van der Waals surface area contributed by atoms with E-state index in [1.165, 1.54) is 31.2 Å². The van der Waals surface area contributed by atoms with Crippen LogP contribution in [0.3, 0.4) is 0 Å². The molecule has 0 aliphatic heterocycles. The summed E-state index contributed by atoms with van der Waals surface area (Å²) in [6.07, 6.45) is 0. The zero-order valence-electron chi connectivity index (χ0n) is 11.2. The van der Waals surface area contributed by atoms with Crippen molar-refractivity contribution in [2.75, 3.05) is 5.73 Å². The van der Waals surface area contributed by atoms with Crippen LogP contribution in [0.5, 0.6) is 0 Å². The average Bonchev–Trinajstić information content (AvgIpc) is 2.42. The fraction of sp³-hybridized carbons (Fsp3) is 0.143. The minimum atomic E-state index is -3.99. The van der Waals surface area contributed by atoms with E-state index in [-0.39, 0.29) is 28.3 Å². The van der Waals surface area contributed by atoms with Crippen molar-refractivity contribution in [3.05, 3.63) is 59.2 Å². The molecule has 112 valence electrons. The van der Waals surface area contributed by atoms with Gasteiger partial charge in [-0.2, -0.15) is 0 Å². The van der Waals surface area contributed by atoms with Gasteiger partial charge in [0, 0.05) is 23.4 Å². The summed E-state index contributed by atoms with van der Waals surface area (Å²) in [6, 6.07) is 8.01. The smallest absolute Gasteiger partial charge is 0.241 e. The molecule has 7 heteroatoms. The molecule has 0 unspecified atom stereocenters. The lowest BCUT2D eigenvalue weighted by atomic mass is 10.2. The van der Waals surface area contributed by atoms with Gasteiger partial charge in [-0.1, -0.05) is 18.2 Å².